The molecule has 1 aromatic carbocycles. The number of thiocarbonyl (C=S) groups is 1. The summed E-state index contributed by atoms with van der Waals surface area (Å²) in [7, 11) is 0. The van der Waals surface area contributed by atoms with Crippen molar-refractivity contribution in [2.24, 2.45) is 0 Å². The number of nitrogens with one attached hydrogen (secondary N) is 2. The van der Waals surface area contributed by atoms with Crippen molar-refractivity contribution in [2.75, 3.05) is 11.9 Å². The van der Waals surface area contributed by atoms with Gasteiger partial charge >= 0.3 is 0 Å². The predicted molar refractivity (Wildman–Crippen MR) is 80.2 cm³/mol. The second kappa shape index (κ2) is 7.75. The number of hydrogen-bond donors (Lipinski definition) is 2. The molecule has 0 saturated heterocycles. The summed E-state index contributed by atoms with van der Waals surface area (Å²) in [6, 6.07) is 5.27. The van der Waals surface area contributed by atoms with Crippen LogP contribution in [0, 0.1) is 0 Å². The molecule has 0 saturated carbocycles. The van der Waals surface area contributed by atoms with Crippen molar-refractivity contribution in [3.63, 3.8) is 0 Å². The minimum Gasteiger partial charge on any atom is -0.362 e. The SMILES string of the molecule is CCCCCNC(=S)Nc1ccc(Cl)cc1Cl. The molecule has 0 heterocycles. The summed E-state index contributed by atoms with van der Waals surface area (Å²) in [6.45, 7) is 3.05. The van der Waals surface area contributed by atoms with Crippen LogP contribution in [0.3, 0.4) is 0 Å². The molecule has 0 aliphatic carbocycles. The Bertz CT molecular complexity index is 383. The van der Waals surface area contributed by atoms with E-state index in [9.17, 15) is 0 Å². The third kappa shape index (κ3) is 5.57. The zero-order chi connectivity index (χ0) is 12.7. The molecule has 2 nitrogen and oxygen atoms in total. The Morgan fingerprint density at radius 3 is 2.71 bits per heavy atom. The molecule has 5 heteroatoms. The van der Waals surface area contributed by atoms with E-state index in [1.165, 1.54) is 12.8 Å². The average molecular weight is 291 g/mol. The van der Waals surface area contributed by atoms with Crippen molar-refractivity contribution in [3.8, 4) is 0 Å². The van der Waals surface area contributed by atoms with E-state index in [4.69, 9.17) is 35.4 Å². The lowest BCUT2D eigenvalue weighted by molar-refractivity contribution is 0.698. The van der Waals surface area contributed by atoms with Gasteiger partial charge in [0.25, 0.3) is 0 Å². The molecule has 0 aliphatic rings. The summed E-state index contributed by atoms with van der Waals surface area (Å²) >= 11 is 17.0. The third-order valence-electron chi connectivity index (χ3n) is 2.25. The molecule has 0 radical (unpaired) electrons. The number of rotatable bonds is 5. The molecule has 0 aromatic heterocycles. The van der Waals surface area contributed by atoms with E-state index in [2.05, 4.69) is 17.6 Å². The first-order valence-corrected chi connectivity index (χ1v) is 6.79. The highest BCUT2D eigenvalue weighted by Gasteiger charge is 2.02. The molecule has 2 N–H and O–H groups in total. The van der Waals surface area contributed by atoms with E-state index < -0.39 is 0 Å². The van der Waals surface area contributed by atoms with Crippen molar-refractivity contribution in [2.45, 2.75) is 26.2 Å². The number of unbranched alkanes of at least 4 members (excludes halogenated alkanes) is 2. The zero-order valence-electron chi connectivity index (χ0n) is 9.72. The Labute approximate surface area is 118 Å². The fourth-order valence-corrected chi connectivity index (χ4v) is 2.00. The van der Waals surface area contributed by atoms with E-state index in [0.717, 1.165) is 18.7 Å². The van der Waals surface area contributed by atoms with E-state index in [-0.39, 0.29) is 0 Å². The molecule has 17 heavy (non-hydrogen) atoms. The molecular formula is C12H16Cl2N2S. The lowest BCUT2D eigenvalue weighted by Crippen LogP contribution is -2.29. The van der Waals surface area contributed by atoms with Gasteiger partial charge in [-0.05, 0) is 36.8 Å². The second-order valence-electron chi connectivity index (χ2n) is 3.71. The van der Waals surface area contributed by atoms with Crippen molar-refractivity contribution < 1.29 is 0 Å². The Balaban J connectivity index is 2.40. The van der Waals surface area contributed by atoms with Crippen molar-refractivity contribution in [1.29, 1.82) is 0 Å². The van der Waals surface area contributed by atoms with Crippen LogP contribution in [-0.4, -0.2) is 11.7 Å². The van der Waals surface area contributed by atoms with Gasteiger partial charge in [0.15, 0.2) is 5.11 Å². The first-order valence-electron chi connectivity index (χ1n) is 5.63. The van der Waals surface area contributed by atoms with E-state index in [1.54, 1.807) is 12.1 Å². The first-order chi connectivity index (χ1) is 8.13. The van der Waals surface area contributed by atoms with Crippen LogP contribution in [0.25, 0.3) is 0 Å². The number of benzene rings is 1. The van der Waals surface area contributed by atoms with E-state index >= 15 is 0 Å². The largest absolute Gasteiger partial charge is 0.362 e. The summed E-state index contributed by atoms with van der Waals surface area (Å²) < 4.78 is 0. The Kier molecular flexibility index (Phi) is 6.63. The highest BCUT2D eigenvalue weighted by Crippen LogP contribution is 2.25. The molecule has 1 rings (SSSR count). The van der Waals surface area contributed by atoms with Gasteiger partial charge in [-0.2, -0.15) is 0 Å². The van der Waals surface area contributed by atoms with Gasteiger partial charge in [0.05, 0.1) is 10.7 Å². The fraction of sp³-hybridized carbons (Fsp3) is 0.417. The Morgan fingerprint density at radius 1 is 1.29 bits per heavy atom. The Morgan fingerprint density at radius 2 is 2.06 bits per heavy atom. The molecule has 1 aromatic rings. The zero-order valence-corrected chi connectivity index (χ0v) is 12.1. The molecule has 0 bridgehead atoms. The van der Waals surface area contributed by atoms with Crippen molar-refractivity contribution >= 4 is 46.2 Å². The maximum atomic E-state index is 6.02. The topological polar surface area (TPSA) is 24.1 Å². The highest BCUT2D eigenvalue weighted by atomic mass is 35.5. The summed E-state index contributed by atoms with van der Waals surface area (Å²) in [5, 5.41) is 7.95. The smallest absolute Gasteiger partial charge is 0.170 e. The van der Waals surface area contributed by atoms with Crippen LogP contribution in [0.15, 0.2) is 18.2 Å². The normalized spacial score (nSPS) is 10.1. The molecule has 0 atom stereocenters. The van der Waals surface area contributed by atoms with Crippen LogP contribution in [0.4, 0.5) is 5.69 Å². The molecule has 0 fully saturated rings. The monoisotopic (exact) mass is 290 g/mol. The summed E-state index contributed by atoms with van der Waals surface area (Å²) in [5.41, 5.74) is 0.768. The maximum absolute atomic E-state index is 6.02. The molecule has 0 amide bonds. The van der Waals surface area contributed by atoms with Crippen molar-refractivity contribution in [1.82, 2.24) is 5.32 Å². The van der Waals surface area contributed by atoms with Gasteiger partial charge in [0, 0.05) is 11.6 Å². The Hall–Kier alpha value is -0.510. The third-order valence-corrected chi connectivity index (χ3v) is 3.04. The van der Waals surface area contributed by atoms with Crippen LogP contribution in [0.1, 0.15) is 26.2 Å². The lowest BCUT2D eigenvalue weighted by Gasteiger charge is -2.11. The number of anilines is 1. The highest BCUT2D eigenvalue weighted by molar-refractivity contribution is 7.80. The van der Waals surface area contributed by atoms with Crippen LogP contribution in [0.5, 0.6) is 0 Å². The number of hydrogen-bond acceptors (Lipinski definition) is 1. The van der Waals surface area contributed by atoms with Crippen molar-refractivity contribution in [3.05, 3.63) is 28.2 Å². The maximum Gasteiger partial charge on any atom is 0.170 e. The average Bonchev–Trinajstić information content (AvgIpc) is 2.28. The summed E-state index contributed by atoms with van der Waals surface area (Å²) in [6.07, 6.45) is 3.52. The van der Waals surface area contributed by atoms with Gasteiger partial charge in [0.2, 0.25) is 0 Å². The van der Waals surface area contributed by atoms with Gasteiger partial charge in [0.1, 0.15) is 0 Å². The predicted octanol–water partition coefficient (Wildman–Crippen LogP) is 4.47. The fourth-order valence-electron chi connectivity index (χ4n) is 1.33. The first kappa shape index (κ1) is 14.6. The quantitative estimate of drug-likeness (QED) is 0.618. The van der Waals surface area contributed by atoms with Gasteiger partial charge in [-0.25, -0.2) is 0 Å². The minimum absolute atomic E-state index is 0.565. The lowest BCUT2D eigenvalue weighted by atomic mass is 10.2. The van der Waals surface area contributed by atoms with Crippen LogP contribution in [0.2, 0.25) is 10.0 Å². The second-order valence-corrected chi connectivity index (χ2v) is 4.96. The van der Waals surface area contributed by atoms with Gasteiger partial charge in [-0.3, -0.25) is 0 Å². The summed E-state index contributed by atoms with van der Waals surface area (Å²) in [4.78, 5) is 0. The minimum atomic E-state index is 0.565. The summed E-state index contributed by atoms with van der Waals surface area (Å²) in [5.74, 6) is 0. The van der Waals surface area contributed by atoms with Crippen LogP contribution < -0.4 is 10.6 Å². The van der Waals surface area contributed by atoms with Gasteiger partial charge in [-0.15, -0.1) is 0 Å². The van der Waals surface area contributed by atoms with Gasteiger partial charge < -0.3 is 10.6 Å². The molecule has 0 spiro atoms. The molecule has 0 unspecified atom stereocenters. The van der Waals surface area contributed by atoms with Crippen LogP contribution in [-0.2, 0) is 0 Å². The van der Waals surface area contributed by atoms with Crippen LogP contribution >= 0.6 is 35.4 Å². The van der Waals surface area contributed by atoms with E-state index in [1.807, 2.05) is 6.07 Å². The van der Waals surface area contributed by atoms with Gasteiger partial charge in [-0.1, -0.05) is 43.0 Å². The molecule has 0 aliphatic heterocycles. The number of halogens is 2. The standard InChI is InChI=1S/C12H16Cl2N2S/c1-2-3-4-7-15-12(17)16-11-6-5-9(13)8-10(11)14/h5-6,8H,2-4,7H2,1H3,(H2,15,16,17). The molecule has 94 valence electrons. The van der Waals surface area contributed by atoms with E-state index in [0.29, 0.717) is 15.2 Å². The molecular weight excluding hydrogens is 275 g/mol.